The van der Waals surface area contributed by atoms with Gasteiger partial charge in [0.1, 0.15) is 11.5 Å². The van der Waals surface area contributed by atoms with Gasteiger partial charge < -0.3 is 5.32 Å². The number of anilines is 1. The first-order valence-corrected chi connectivity index (χ1v) is 6.76. The Morgan fingerprint density at radius 2 is 1.95 bits per heavy atom. The van der Waals surface area contributed by atoms with E-state index >= 15 is 0 Å². The number of hydrogen-bond donors (Lipinski definition) is 1. The van der Waals surface area contributed by atoms with Gasteiger partial charge in [0.2, 0.25) is 0 Å². The predicted octanol–water partition coefficient (Wildman–Crippen LogP) is 4.76. The zero-order chi connectivity index (χ0) is 14.7. The molecule has 7 heteroatoms. The Morgan fingerprint density at radius 1 is 1.30 bits per heavy atom. The fraction of sp³-hybridized carbons (Fsp3) is 0.0769. The Labute approximate surface area is 127 Å². The molecule has 0 spiro atoms. The third-order valence-corrected chi connectivity index (χ3v) is 3.45. The first kappa shape index (κ1) is 14.7. The van der Waals surface area contributed by atoms with Crippen LogP contribution < -0.4 is 5.32 Å². The van der Waals surface area contributed by atoms with Gasteiger partial charge in [0.05, 0.1) is 9.95 Å². The van der Waals surface area contributed by atoms with Crippen LogP contribution in [0.2, 0.25) is 5.02 Å². The van der Waals surface area contributed by atoms with Crippen molar-refractivity contribution in [3.8, 4) is 0 Å². The highest BCUT2D eigenvalue weighted by Gasteiger charge is 2.17. The van der Waals surface area contributed by atoms with E-state index in [0.29, 0.717) is 6.54 Å². The zero-order valence-corrected chi connectivity index (χ0v) is 12.4. The molecular weight excluding hydrogens is 351 g/mol. The second-order valence-electron chi connectivity index (χ2n) is 4.02. The molecule has 0 unspecified atom stereocenters. The van der Waals surface area contributed by atoms with Crippen molar-refractivity contribution in [2.75, 3.05) is 5.32 Å². The number of nitrogens with zero attached hydrogens (tertiary/aromatic N) is 1. The molecule has 104 valence electrons. The standard InChI is InChI=1S/C13H9BrClFN2O2/c14-9-3-1-8(2-4-9)7-17-12-6-11(16)10(15)5-13(12)18(19)20/h1-6,17H,7H2. The maximum atomic E-state index is 13.4. The van der Waals surface area contributed by atoms with Crippen LogP contribution in [-0.4, -0.2) is 4.92 Å². The maximum Gasteiger partial charge on any atom is 0.294 e. The van der Waals surface area contributed by atoms with Crippen LogP contribution in [0.25, 0.3) is 0 Å². The fourth-order valence-corrected chi connectivity index (χ4v) is 2.05. The number of benzene rings is 2. The summed E-state index contributed by atoms with van der Waals surface area (Å²) in [5.74, 6) is -0.699. The minimum absolute atomic E-state index is 0.0971. The molecule has 2 rings (SSSR count). The van der Waals surface area contributed by atoms with Crippen LogP contribution in [0.4, 0.5) is 15.8 Å². The highest BCUT2D eigenvalue weighted by molar-refractivity contribution is 9.10. The molecule has 0 aliphatic carbocycles. The molecule has 0 radical (unpaired) electrons. The van der Waals surface area contributed by atoms with E-state index in [1.165, 1.54) is 0 Å². The van der Waals surface area contributed by atoms with Crippen LogP contribution >= 0.6 is 27.5 Å². The van der Waals surface area contributed by atoms with E-state index in [9.17, 15) is 14.5 Å². The van der Waals surface area contributed by atoms with E-state index in [-0.39, 0.29) is 16.4 Å². The highest BCUT2D eigenvalue weighted by atomic mass is 79.9. The van der Waals surface area contributed by atoms with Crippen molar-refractivity contribution in [2.24, 2.45) is 0 Å². The minimum atomic E-state index is -0.699. The molecule has 0 bridgehead atoms. The summed E-state index contributed by atoms with van der Waals surface area (Å²) in [6.45, 7) is 0.342. The summed E-state index contributed by atoms with van der Waals surface area (Å²) in [5.41, 5.74) is 0.756. The Hall–Kier alpha value is -1.66. The molecule has 0 fully saturated rings. The summed E-state index contributed by atoms with van der Waals surface area (Å²) in [4.78, 5) is 10.3. The molecule has 0 aliphatic heterocycles. The van der Waals surface area contributed by atoms with Gasteiger partial charge in [0.25, 0.3) is 5.69 Å². The molecule has 2 aromatic carbocycles. The lowest BCUT2D eigenvalue weighted by Crippen LogP contribution is -2.03. The lowest BCUT2D eigenvalue weighted by atomic mass is 10.2. The number of nitrogens with one attached hydrogen (secondary N) is 1. The van der Waals surface area contributed by atoms with Gasteiger partial charge in [-0.1, -0.05) is 39.7 Å². The van der Waals surface area contributed by atoms with E-state index in [1.54, 1.807) is 0 Å². The van der Waals surface area contributed by atoms with Gasteiger partial charge >= 0.3 is 0 Å². The summed E-state index contributed by atoms with van der Waals surface area (Å²) in [5, 5.41) is 13.5. The lowest BCUT2D eigenvalue weighted by molar-refractivity contribution is -0.384. The normalized spacial score (nSPS) is 10.3. The molecule has 0 aliphatic rings. The molecular formula is C13H9BrClFN2O2. The molecule has 4 nitrogen and oxygen atoms in total. The third kappa shape index (κ3) is 3.46. The van der Waals surface area contributed by atoms with E-state index in [4.69, 9.17) is 11.6 Å². The van der Waals surface area contributed by atoms with Crippen LogP contribution in [-0.2, 0) is 6.54 Å². The third-order valence-electron chi connectivity index (χ3n) is 2.63. The monoisotopic (exact) mass is 358 g/mol. The lowest BCUT2D eigenvalue weighted by Gasteiger charge is -2.08. The molecule has 0 saturated heterocycles. The summed E-state index contributed by atoms with van der Waals surface area (Å²) < 4.78 is 14.3. The molecule has 0 heterocycles. The summed E-state index contributed by atoms with van der Waals surface area (Å²) in [7, 11) is 0. The average molecular weight is 360 g/mol. The van der Waals surface area contributed by atoms with Gasteiger partial charge in [-0.15, -0.1) is 0 Å². The molecule has 0 saturated carbocycles. The molecule has 0 atom stereocenters. The van der Waals surface area contributed by atoms with E-state index in [1.807, 2.05) is 24.3 Å². The Bertz CT molecular complexity index is 650. The molecule has 20 heavy (non-hydrogen) atoms. The number of hydrogen-bond acceptors (Lipinski definition) is 3. The summed E-state index contributed by atoms with van der Waals surface area (Å²) >= 11 is 8.87. The maximum absolute atomic E-state index is 13.4. The highest BCUT2D eigenvalue weighted by Crippen LogP contribution is 2.30. The van der Waals surface area contributed by atoms with Crippen LogP contribution in [0.15, 0.2) is 40.9 Å². The van der Waals surface area contributed by atoms with E-state index < -0.39 is 10.7 Å². The van der Waals surface area contributed by atoms with Crippen molar-refractivity contribution in [3.05, 3.63) is 67.4 Å². The second-order valence-corrected chi connectivity index (χ2v) is 5.34. The molecule has 0 amide bonds. The van der Waals surface area contributed by atoms with Gasteiger partial charge in [-0.25, -0.2) is 4.39 Å². The van der Waals surface area contributed by atoms with E-state index in [0.717, 1.165) is 22.2 Å². The SMILES string of the molecule is O=[N+]([O-])c1cc(Cl)c(F)cc1NCc1ccc(Br)cc1. The molecule has 0 aromatic heterocycles. The van der Waals surface area contributed by atoms with Crippen LogP contribution in [0.3, 0.4) is 0 Å². The summed E-state index contributed by atoms with van der Waals surface area (Å²) in [6.07, 6.45) is 0. The Kier molecular flexibility index (Phi) is 4.57. The van der Waals surface area contributed by atoms with Crippen LogP contribution in [0.5, 0.6) is 0 Å². The van der Waals surface area contributed by atoms with Gasteiger partial charge in [0, 0.05) is 23.2 Å². The van der Waals surface area contributed by atoms with Crippen LogP contribution in [0, 0.1) is 15.9 Å². The largest absolute Gasteiger partial charge is 0.375 e. The van der Waals surface area contributed by atoms with Gasteiger partial charge in [-0.05, 0) is 17.7 Å². The van der Waals surface area contributed by atoms with Gasteiger partial charge in [0.15, 0.2) is 0 Å². The smallest absolute Gasteiger partial charge is 0.294 e. The van der Waals surface area contributed by atoms with Crippen molar-refractivity contribution in [1.82, 2.24) is 0 Å². The number of halogens is 3. The van der Waals surface area contributed by atoms with Gasteiger partial charge in [-0.3, -0.25) is 10.1 Å². The average Bonchev–Trinajstić information content (AvgIpc) is 2.41. The van der Waals surface area contributed by atoms with Crippen molar-refractivity contribution in [1.29, 1.82) is 0 Å². The minimum Gasteiger partial charge on any atom is -0.375 e. The van der Waals surface area contributed by atoms with Crippen molar-refractivity contribution < 1.29 is 9.31 Å². The van der Waals surface area contributed by atoms with Crippen molar-refractivity contribution in [3.63, 3.8) is 0 Å². The van der Waals surface area contributed by atoms with Crippen LogP contribution in [0.1, 0.15) is 5.56 Å². The number of nitro groups is 1. The van der Waals surface area contributed by atoms with E-state index in [2.05, 4.69) is 21.2 Å². The quantitative estimate of drug-likeness (QED) is 0.632. The van der Waals surface area contributed by atoms with Crippen molar-refractivity contribution >= 4 is 38.9 Å². The fourth-order valence-electron chi connectivity index (χ4n) is 1.63. The first-order chi connectivity index (χ1) is 9.47. The Balaban J connectivity index is 2.22. The second kappa shape index (κ2) is 6.19. The topological polar surface area (TPSA) is 55.2 Å². The van der Waals surface area contributed by atoms with Gasteiger partial charge in [-0.2, -0.15) is 0 Å². The number of nitro benzene ring substituents is 1. The predicted molar refractivity (Wildman–Crippen MR) is 79.5 cm³/mol. The summed E-state index contributed by atoms with van der Waals surface area (Å²) in [6, 6.07) is 9.45. The molecule has 2 aromatic rings. The first-order valence-electron chi connectivity index (χ1n) is 5.59. The zero-order valence-electron chi connectivity index (χ0n) is 10.1. The molecule has 1 N–H and O–H groups in total. The van der Waals surface area contributed by atoms with Crippen molar-refractivity contribution in [2.45, 2.75) is 6.54 Å². The Morgan fingerprint density at radius 3 is 2.55 bits per heavy atom. The number of rotatable bonds is 4.